The molecule has 33 heavy (non-hydrogen) atoms. The van der Waals surface area contributed by atoms with Gasteiger partial charge in [-0.25, -0.2) is 0 Å². The third kappa shape index (κ3) is 7.37. The van der Waals surface area contributed by atoms with E-state index < -0.39 is 0 Å². The first-order valence-electron chi connectivity index (χ1n) is 11.0. The molecule has 0 bridgehead atoms. The number of quaternary nitrogens is 1. The molecule has 0 fully saturated rings. The predicted molar refractivity (Wildman–Crippen MR) is 134 cm³/mol. The summed E-state index contributed by atoms with van der Waals surface area (Å²) in [6.07, 6.45) is 0. The van der Waals surface area contributed by atoms with Gasteiger partial charge in [-0.05, 0) is 0 Å². The molecule has 0 N–H and O–H groups in total. The van der Waals surface area contributed by atoms with Crippen molar-refractivity contribution in [2.75, 3.05) is 21.1 Å². The molecule has 3 nitrogen and oxygen atoms in total. The average molecular weight is 437 g/mol. The summed E-state index contributed by atoms with van der Waals surface area (Å²) in [5.74, 6) is 0.156. The first-order valence-corrected chi connectivity index (χ1v) is 11.0. The fraction of sp³-hybridized carbons (Fsp3) is 0.133. The molecule has 0 aromatic heterocycles. The van der Waals surface area contributed by atoms with Crippen LogP contribution in [-0.4, -0.2) is 37.2 Å². The van der Waals surface area contributed by atoms with Crippen molar-refractivity contribution in [3.05, 3.63) is 143 Å². The summed E-state index contributed by atoms with van der Waals surface area (Å²) in [6, 6.07) is 35.9. The Hall–Kier alpha value is -3.82. The van der Waals surface area contributed by atoms with Crippen molar-refractivity contribution < 1.29 is 14.1 Å². The van der Waals surface area contributed by atoms with Gasteiger partial charge in [0.2, 0.25) is 0 Å². The Kier molecular flexibility index (Phi) is 8.06. The minimum atomic E-state index is 0.0752. The molecule has 0 saturated heterocycles. The van der Waals surface area contributed by atoms with Gasteiger partial charge in [-0.3, -0.25) is 9.59 Å². The van der Waals surface area contributed by atoms with Gasteiger partial charge < -0.3 is 4.48 Å². The Morgan fingerprint density at radius 2 is 0.788 bits per heavy atom. The number of hydrogen-bond donors (Lipinski definition) is 0. The van der Waals surface area contributed by atoms with Crippen molar-refractivity contribution >= 4 is 11.6 Å². The van der Waals surface area contributed by atoms with E-state index >= 15 is 0 Å². The molecule has 4 aromatic rings. The van der Waals surface area contributed by atoms with E-state index in [9.17, 15) is 9.59 Å². The quantitative estimate of drug-likeness (QED) is 0.273. The van der Waals surface area contributed by atoms with E-state index in [0.717, 1.165) is 33.3 Å². The Balaban J connectivity index is 0.000000194. The normalized spacial score (nSPS) is 10.6. The third-order valence-electron chi connectivity index (χ3n) is 4.98. The van der Waals surface area contributed by atoms with Gasteiger partial charge in [0.05, 0.1) is 21.1 Å². The Morgan fingerprint density at radius 1 is 0.485 bits per heavy atom. The van der Waals surface area contributed by atoms with Crippen LogP contribution in [0.4, 0.5) is 0 Å². The Bertz CT molecular complexity index is 1120. The molecule has 166 valence electrons. The zero-order valence-corrected chi connectivity index (χ0v) is 19.4. The molecule has 0 aliphatic carbocycles. The van der Waals surface area contributed by atoms with Crippen LogP contribution >= 0.6 is 0 Å². The largest absolute Gasteiger partial charge is 0.327 e. The number of carbonyl (C=O) groups is 2. The summed E-state index contributed by atoms with van der Waals surface area (Å²) >= 11 is 0. The summed E-state index contributed by atoms with van der Waals surface area (Å²) in [5.41, 5.74) is 4.20. The van der Waals surface area contributed by atoms with E-state index in [1.54, 1.807) is 0 Å². The van der Waals surface area contributed by atoms with Crippen molar-refractivity contribution in [3.63, 3.8) is 0 Å². The van der Waals surface area contributed by atoms with E-state index in [1.807, 2.05) is 115 Å². The predicted octanol–water partition coefficient (Wildman–Crippen LogP) is 6.04. The summed E-state index contributed by atoms with van der Waals surface area (Å²) in [4.78, 5) is 24.1. The average Bonchev–Trinajstić information content (AvgIpc) is 2.85. The summed E-state index contributed by atoms with van der Waals surface area (Å²) in [5, 5.41) is 0. The van der Waals surface area contributed by atoms with Gasteiger partial charge in [0, 0.05) is 27.8 Å². The minimum Gasteiger partial charge on any atom is -0.327 e. The van der Waals surface area contributed by atoms with Crippen LogP contribution in [0.2, 0.25) is 0 Å². The second-order valence-corrected chi connectivity index (χ2v) is 8.90. The van der Waals surface area contributed by atoms with Gasteiger partial charge in [0.25, 0.3) is 0 Å². The van der Waals surface area contributed by atoms with Crippen molar-refractivity contribution in [1.29, 1.82) is 0 Å². The fourth-order valence-electron chi connectivity index (χ4n) is 3.41. The molecule has 0 heterocycles. The molecule has 0 aliphatic rings. The van der Waals surface area contributed by atoms with Gasteiger partial charge in [-0.1, -0.05) is 115 Å². The van der Waals surface area contributed by atoms with Crippen LogP contribution in [0.3, 0.4) is 0 Å². The van der Waals surface area contributed by atoms with E-state index in [4.69, 9.17) is 0 Å². The molecule has 0 atom stereocenters. The molecular formula is C30H30NO2+. The lowest BCUT2D eigenvalue weighted by molar-refractivity contribution is -0.884. The monoisotopic (exact) mass is 436 g/mol. The SMILES string of the molecule is C[N+](C)(C)Cc1ccc(C(=O)c2ccccc2)cc1.O=C(c1ccccc1)c1ccccc1. The van der Waals surface area contributed by atoms with Gasteiger partial charge in [0.15, 0.2) is 11.6 Å². The summed E-state index contributed by atoms with van der Waals surface area (Å²) in [6.45, 7) is 0.958. The molecule has 0 amide bonds. The molecule has 0 aliphatic heterocycles. The maximum absolute atomic E-state index is 12.2. The molecular weight excluding hydrogens is 406 g/mol. The fourth-order valence-corrected chi connectivity index (χ4v) is 3.41. The van der Waals surface area contributed by atoms with Crippen molar-refractivity contribution in [2.45, 2.75) is 6.54 Å². The van der Waals surface area contributed by atoms with Gasteiger partial charge in [-0.15, -0.1) is 0 Å². The second kappa shape index (κ2) is 11.2. The molecule has 0 unspecified atom stereocenters. The van der Waals surface area contributed by atoms with Crippen molar-refractivity contribution in [2.24, 2.45) is 0 Å². The highest BCUT2D eigenvalue weighted by Crippen LogP contribution is 2.13. The maximum Gasteiger partial charge on any atom is 0.193 e. The van der Waals surface area contributed by atoms with Crippen LogP contribution in [0.1, 0.15) is 37.4 Å². The lowest BCUT2D eigenvalue weighted by atomic mass is 10.0. The van der Waals surface area contributed by atoms with E-state index in [1.165, 1.54) is 5.56 Å². The minimum absolute atomic E-state index is 0.0752. The first kappa shape index (κ1) is 23.8. The number of benzene rings is 4. The van der Waals surface area contributed by atoms with Crippen molar-refractivity contribution in [1.82, 2.24) is 0 Å². The lowest BCUT2D eigenvalue weighted by Crippen LogP contribution is -2.33. The number of nitrogens with zero attached hydrogens (tertiary/aromatic N) is 1. The van der Waals surface area contributed by atoms with E-state index in [2.05, 4.69) is 21.1 Å². The summed E-state index contributed by atoms with van der Waals surface area (Å²) < 4.78 is 0.881. The van der Waals surface area contributed by atoms with Crippen LogP contribution in [0.5, 0.6) is 0 Å². The molecule has 3 heteroatoms. The maximum atomic E-state index is 12.2. The standard InChI is InChI=1S/C17H20NO.C13H10O/c1-18(2,3)13-14-9-11-16(12-10-14)17(19)15-7-5-4-6-8-15;14-13(11-7-3-1-4-8-11)12-9-5-2-6-10-12/h4-12H,13H2,1-3H3;1-10H/q+1;. The molecule has 4 rings (SSSR count). The highest BCUT2D eigenvalue weighted by molar-refractivity contribution is 6.09. The van der Waals surface area contributed by atoms with Crippen LogP contribution in [-0.2, 0) is 6.54 Å². The van der Waals surface area contributed by atoms with Crippen LogP contribution < -0.4 is 0 Å². The summed E-state index contributed by atoms with van der Waals surface area (Å²) in [7, 11) is 6.47. The Labute approximate surface area is 196 Å². The second-order valence-electron chi connectivity index (χ2n) is 8.90. The topological polar surface area (TPSA) is 34.1 Å². The van der Waals surface area contributed by atoms with Crippen LogP contribution in [0.25, 0.3) is 0 Å². The number of carbonyl (C=O) groups excluding carboxylic acids is 2. The van der Waals surface area contributed by atoms with E-state index in [-0.39, 0.29) is 11.6 Å². The first-order chi connectivity index (χ1) is 15.8. The number of hydrogen-bond acceptors (Lipinski definition) is 2. The van der Waals surface area contributed by atoms with Crippen LogP contribution in [0.15, 0.2) is 115 Å². The van der Waals surface area contributed by atoms with Gasteiger partial charge in [-0.2, -0.15) is 0 Å². The molecule has 0 spiro atoms. The number of rotatable bonds is 6. The highest BCUT2D eigenvalue weighted by Gasteiger charge is 2.11. The lowest BCUT2D eigenvalue weighted by Gasteiger charge is -2.23. The van der Waals surface area contributed by atoms with Gasteiger partial charge >= 0.3 is 0 Å². The smallest absolute Gasteiger partial charge is 0.193 e. The molecule has 0 radical (unpaired) electrons. The molecule has 0 saturated carbocycles. The molecule has 4 aromatic carbocycles. The van der Waals surface area contributed by atoms with Crippen molar-refractivity contribution in [3.8, 4) is 0 Å². The van der Waals surface area contributed by atoms with Crippen LogP contribution in [0, 0.1) is 0 Å². The third-order valence-corrected chi connectivity index (χ3v) is 4.98. The Morgan fingerprint density at radius 3 is 1.09 bits per heavy atom. The van der Waals surface area contributed by atoms with E-state index in [0.29, 0.717) is 0 Å². The highest BCUT2D eigenvalue weighted by atomic mass is 16.1. The zero-order chi connectivity index (χ0) is 23.7. The zero-order valence-electron chi connectivity index (χ0n) is 19.4. The van der Waals surface area contributed by atoms with Gasteiger partial charge in [0.1, 0.15) is 6.54 Å². The number of ketones is 2.